The Morgan fingerprint density at radius 1 is 1.12 bits per heavy atom. The number of carbonyl (C=O) groups is 1. The maximum absolute atomic E-state index is 13.2. The average molecular weight is 556 g/mol. The fraction of sp³-hybridized carbons (Fsp3) is 0.333. The molecule has 1 aliphatic carbocycles. The highest BCUT2D eigenvalue weighted by atomic mass is 79.9. The van der Waals surface area contributed by atoms with Crippen molar-refractivity contribution in [1.82, 2.24) is 9.47 Å². The van der Waals surface area contributed by atoms with Gasteiger partial charge in [0.25, 0.3) is 5.91 Å². The standard InChI is InChI=1S/C27H27BrN2O2S2/c28-21-10-11-24-23(17-21)20(18-29(24)14-15-32-22-8-2-1-3-9-22)16-25-26(31)30(27(33)34-25)13-12-19-6-4-5-7-19/h1-3,8-11,16-19H,4-7,12-15H2/b25-16-. The molecule has 4 nitrogen and oxygen atoms in total. The van der Waals surface area contributed by atoms with Crippen molar-refractivity contribution in [2.45, 2.75) is 38.6 Å². The normalized spacial score (nSPS) is 18.0. The van der Waals surface area contributed by atoms with E-state index < -0.39 is 0 Å². The van der Waals surface area contributed by atoms with Crippen molar-refractivity contribution in [3.8, 4) is 5.75 Å². The molecule has 3 aromatic rings. The Kier molecular flexibility index (Phi) is 7.42. The molecule has 1 saturated heterocycles. The van der Waals surface area contributed by atoms with Crippen molar-refractivity contribution in [1.29, 1.82) is 0 Å². The number of nitrogens with zero attached hydrogens (tertiary/aromatic N) is 2. The van der Waals surface area contributed by atoms with Gasteiger partial charge in [-0.05, 0) is 48.7 Å². The van der Waals surface area contributed by atoms with Crippen molar-refractivity contribution >= 4 is 67.1 Å². The van der Waals surface area contributed by atoms with Gasteiger partial charge >= 0.3 is 0 Å². The van der Waals surface area contributed by atoms with E-state index in [0.717, 1.165) is 45.6 Å². The summed E-state index contributed by atoms with van der Waals surface area (Å²) in [6.45, 7) is 2.01. The van der Waals surface area contributed by atoms with Crippen molar-refractivity contribution in [2.24, 2.45) is 5.92 Å². The minimum atomic E-state index is 0.0382. The van der Waals surface area contributed by atoms with E-state index in [9.17, 15) is 4.79 Å². The second kappa shape index (κ2) is 10.7. The highest BCUT2D eigenvalue weighted by Crippen LogP contribution is 2.36. The van der Waals surface area contributed by atoms with Crippen molar-refractivity contribution in [2.75, 3.05) is 13.2 Å². The van der Waals surface area contributed by atoms with Gasteiger partial charge < -0.3 is 9.30 Å². The zero-order chi connectivity index (χ0) is 23.5. The van der Waals surface area contributed by atoms with Gasteiger partial charge in [-0.3, -0.25) is 9.69 Å². The van der Waals surface area contributed by atoms with E-state index in [2.05, 4.69) is 38.8 Å². The molecule has 1 saturated carbocycles. The zero-order valence-corrected chi connectivity index (χ0v) is 22.1. The first kappa shape index (κ1) is 23.6. The van der Waals surface area contributed by atoms with Gasteiger partial charge in [0.2, 0.25) is 0 Å². The van der Waals surface area contributed by atoms with Gasteiger partial charge in [0.1, 0.15) is 16.7 Å². The Morgan fingerprint density at radius 3 is 2.71 bits per heavy atom. The molecule has 34 heavy (non-hydrogen) atoms. The number of halogens is 1. The minimum Gasteiger partial charge on any atom is -0.492 e. The second-order valence-electron chi connectivity index (χ2n) is 8.87. The molecule has 0 atom stereocenters. The summed E-state index contributed by atoms with van der Waals surface area (Å²) < 4.78 is 9.79. The molecule has 176 valence electrons. The predicted octanol–water partition coefficient (Wildman–Crippen LogP) is 7.26. The van der Waals surface area contributed by atoms with Crippen molar-refractivity contribution < 1.29 is 9.53 Å². The first-order chi connectivity index (χ1) is 16.6. The number of amides is 1. The van der Waals surface area contributed by atoms with Gasteiger partial charge in [-0.2, -0.15) is 0 Å². The molecule has 0 N–H and O–H groups in total. The fourth-order valence-electron chi connectivity index (χ4n) is 4.82. The Morgan fingerprint density at radius 2 is 1.91 bits per heavy atom. The van der Waals surface area contributed by atoms with Gasteiger partial charge in [-0.1, -0.05) is 83.8 Å². The Bertz CT molecular complexity index is 1230. The lowest BCUT2D eigenvalue weighted by molar-refractivity contribution is -0.122. The third-order valence-electron chi connectivity index (χ3n) is 6.61. The highest BCUT2D eigenvalue weighted by molar-refractivity contribution is 9.10. The lowest BCUT2D eigenvalue weighted by Crippen LogP contribution is -2.30. The lowest BCUT2D eigenvalue weighted by Gasteiger charge is -2.17. The first-order valence-electron chi connectivity index (χ1n) is 11.8. The van der Waals surface area contributed by atoms with Gasteiger partial charge in [0.15, 0.2) is 0 Å². The quantitative estimate of drug-likeness (QED) is 0.216. The summed E-state index contributed by atoms with van der Waals surface area (Å²) in [5.41, 5.74) is 2.13. The van der Waals surface area contributed by atoms with Crippen LogP contribution in [-0.4, -0.2) is 32.8 Å². The molecule has 0 radical (unpaired) electrons. The third kappa shape index (κ3) is 5.26. The Hall–Kier alpha value is -2.09. The maximum atomic E-state index is 13.2. The van der Waals surface area contributed by atoms with Crippen LogP contribution in [0.1, 0.15) is 37.7 Å². The van der Waals surface area contributed by atoms with Gasteiger partial charge in [0, 0.05) is 33.7 Å². The van der Waals surface area contributed by atoms with Gasteiger partial charge in [0.05, 0.1) is 11.4 Å². The smallest absolute Gasteiger partial charge is 0.266 e. The molecule has 1 amide bonds. The number of fused-ring (bicyclic) bond motifs is 1. The molecule has 1 aliphatic heterocycles. The zero-order valence-electron chi connectivity index (χ0n) is 18.9. The predicted molar refractivity (Wildman–Crippen MR) is 148 cm³/mol. The number of benzene rings is 2. The van der Waals surface area contributed by atoms with E-state index in [1.165, 1.54) is 37.4 Å². The topological polar surface area (TPSA) is 34.5 Å². The molecule has 2 aliphatic rings. The molecule has 7 heteroatoms. The summed E-state index contributed by atoms with van der Waals surface area (Å²) in [7, 11) is 0. The molecule has 2 aromatic carbocycles. The van der Waals surface area contributed by atoms with E-state index in [1.54, 1.807) is 4.90 Å². The number of hydrogen-bond donors (Lipinski definition) is 0. The largest absolute Gasteiger partial charge is 0.492 e. The van der Waals surface area contributed by atoms with Crippen LogP contribution in [0, 0.1) is 5.92 Å². The van der Waals surface area contributed by atoms with Crippen molar-refractivity contribution in [3.63, 3.8) is 0 Å². The number of carbonyl (C=O) groups excluding carboxylic acids is 1. The maximum Gasteiger partial charge on any atom is 0.266 e. The number of ether oxygens (including phenoxy) is 1. The number of para-hydroxylation sites is 1. The van der Waals surface area contributed by atoms with E-state index in [-0.39, 0.29) is 5.91 Å². The summed E-state index contributed by atoms with van der Waals surface area (Å²) >= 11 is 10.6. The number of aromatic nitrogens is 1. The van der Waals surface area contributed by atoms with Crippen LogP contribution in [0.4, 0.5) is 0 Å². The van der Waals surface area contributed by atoms with E-state index in [1.807, 2.05) is 42.5 Å². The van der Waals surface area contributed by atoms with E-state index in [0.29, 0.717) is 22.4 Å². The summed E-state index contributed by atoms with van der Waals surface area (Å²) in [6.07, 6.45) is 10.4. The second-order valence-corrected chi connectivity index (χ2v) is 11.5. The summed E-state index contributed by atoms with van der Waals surface area (Å²) in [5.74, 6) is 1.64. The summed E-state index contributed by atoms with van der Waals surface area (Å²) in [4.78, 5) is 15.7. The summed E-state index contributed by atoms with van der Waals surface area (Å²) in [5, 5.41) is 1.10. The van der Waals surface area contributed by atoms with Crippen LogP contribution in [0.3, 0.4) is 0 Å². The monoisotopic (exact) mass is 554 g/mol. The molecule has 5 rings (SSSR count). The minimum absolute atomic E-state index is 0.0382. The SMILES string of the molecule is O=C1/C(=C/c2cn(CCOc3ccccc3)c3ccc(Br)cc23)SC(=S)N1CCC1CCCC1. The van der Waals surface area contributed by atoms with Crippen LogP contribution >= 0.6 is 39.9 Å². The Balaban J connectivity index is 1.34. The highest BCUT2D eigenvalue weighted by Gasteiger charge is 2.32. The van der Waals surface area contributed by atoms with Crippen LogP contribution in [0.15, 0.2) is 64.1 Å². The van der Waals surface area contributed by atoms with Crippen LogP contribution < -0.4 is 4.74 Å². The molecule has 0 spiro atoms. The lowest BCUT2D eigenvalue weighted by atomic mass is 10.0. The molecule has 2 heterocycles. The molecule has 0 bridgehead atoms. The molecular formula is C27H27BrN2O2S2. The van der Waals surface area contributed by atoms with Gasteiger partial charge in [-0.25, -0.2) is 0 Å². The molecular weight excluding hydrogens is 528 g/mol. The summed E-state index contributed by atoms with van der Waals surface area (Å²) in [6, 6.07) is 16.1. The number of thioether (sulfide) groups is 1. The van der Waals surface area contributed by atoms with Gasteiger partial charge in [-0.15, -0.1) is 0 Å². The van der Waals surface area contributed by atoms with Crippen molar-refractivity contribution in [3.05, 3.63) is 69.7 Å². The number of thiocarbonyl (C=S) groups is 1. The molecule has 0 unspecified atom stereocenters. The third-order valence-corrected chi connectivity index (χ3v) is 8.48. The van der Waals surface area contributed by atoms with E-state index in [4.69, 9.17) is 17.0 Å². The average Bonchev–Trinajstić information content (AvgIpc) is 3.53. The molecule has 2 fully saturated rings. The van der Waals surface area contributed by atoms with Crippen LogP contribution in [-0.2, 0) is 11.3 Å². The first-order valence-corrected chi connectivity index (χ1v) is 13.8. The molecule has 1 aromatic heterocycles. The number of hydrogen-bond acceptors (Lipinski definition) is 4. The van der Waals surface area contributed by atoms with Crippen LogP contribution in [0.5, 0.6) is 5.75 Å². The van der Waals surface area contributed by atoms with Crippen LogP contribution in [0.2, 0.25) is 0 Å². The Labute approximate surface area is 218 Å². The number of rotatable bonds is 8. The van der Waals surface area contributed by atoms with E-state index >= 15 is 0 Å². The van der Waals surface area contributed by atoms with Crippen LogP contribution in [0.25, 0.3) is 17.0 Å². The fourth-order valence-corrected chi connectivity index (χ4v) is 6.48.